The van der Waals surface area contributed by atoms with Gasteiger partial charge in [0.15, 0.2) is 0 Å². The Balaban J connectivity index is 0.000000162. The van der Waals surface area contributed by atoms with E-state index in [1.165, 1.54) is 19.3 Å². The summed E-state index contributed by atoms with van der Waals surface area (Å²) in [5.41, 5.74) is 1.58. The van der Waals surface area contributed by atoms with E-state index in [4.69, 9.17) is 0 Å². The minimum atomic E-state index is 0. The smallest absolute Gasteiger partial charge is 0 e. The minimum absolute atomic E-state index is 0. The van der Waals surface area contributed by atoms with Crippen molar-refractivity contribution in [3.8, 4) is 0 Å². The summed E-state index contributed by atoms with van der Waals surface area (Å²) < 4.78 is 0. The molecule has 0 spiro atoms. The molecule has 1 aromatic carbocycles. The van der Waals surface area contributed by atoms with Crippen molar-refractivity contribution in [3.05, 3.63) is 60.6 Å². The molecule has 0 amide bonds. The van der Waals surface area contributed by atoms with Gasteiger partial charge in [-0.05, 0) is 12.3 Å². The van der Waals surface area contributed by atoms with E-state index in [1.54, 1.807) is 5.57 Å². The molecular weight excluding hydrogens is 347 g/mol. The van der Waals surface area contributed by atoms with Gasteiger partial charge in [0.25, 0.3) is 0 Å². The Morgan fingerprint density at radius 3 is 2.60 bits per heavy atom. The molecule has 1 saturated carbocycles. The minimum Gasteiger partial charge on any atom is -0.227 e. The molecule has 78 valence electrons. The quantitative estimate of drug-likeness (QED) is 0.485. The van der Waals surface area contributed by atoms with Gasteiger partial charge in [-0.25, -0.2) is 30.2 Å². The van der Waals surface area contributed by atoms with Crippen LogP contribution < -0.4 is 0 Å². The average molecular weight is 363 g/mol. The van der Waals surface area contributed by atoms with Gasteiger partial charge in [-0.15, -0.1) is 18.6 Å². The first-order chi connectivity index (χ1) is 6.97. The monoisotopic (exact) mass is 364 g/mol. The molecule has 1 unspecified atom stereocenters. The molecule has 0 aromatic heterocycles. The molecule has 3 rings (SSSR count). The third kappa shape index (κ3) is 3.90. The summed E-state index contributed by atoms with van der Waals surface area (Å²) in [6, 6.07) is 10.0. The third-order valence-corrected chi connectivity index (χ3v) is 2.77. The van der Waals surface area contributed by atoms with Gasteiger partial charge in [0.05, 0.1) is 0 Å². The van der Waals surface area contributed by atoms with Crippen molar-refractivity contribution in [2.24, 2.45) is 5.92 Å². The second kappa shape index (κ2) is 6.95. The summed E-state index contributed by atoms with van der Waals surface area (Å²) in [5.74, 6) is 0.884. The van der Waals surface area contributed by atoms with Crippen LogP contribution in [0.1, 0.15) is 19.3 Å². The van der Waals surface area contributed by atoms with Crippen molar-refractivity contribution in [3.63, 3.8) is 0 Å². The van der Waals surface area contributed by atoms with Crippen LogP contribution in [0.4, 0.5) is 0 Å². The van der Waals surface area contributed by atoms with Gasteiger partial charge >= 0.3 is 0 Å². The van der Waals surface area contributed by atoms with E-state index in [1.807, 2.05) is 30.3 Å². The van der Waals surface area contributed by atoms with E-state index in [0.717, 1.165) is 5.92 Å². The van der Waals surface area contributed by atoms with E-state index < -0.39 is 0 Å². The Hall–Kier alpha value is -0.430. The molecule has 0 bridgehead atoms. The second-order valence-electron chi connectivity index (χ2n) is 3.77. The topological polar surface area (TPSA) is 0 Å². The molecule has 2 aliphatic rings. The second-order valence-corrected chi connectivity index (χ2v) is 3.77. The fraction of sp³-hybridized carbons (Fsp3) is 0.286. The fourth-order valence-corrected chi connectivity index (χ4v) is 1.99. The van der Waals surface area contributed by atoms with Crippen LogP contribution in [0.25, 0.3) is 0 Å². The van der Waals surface area contributed by atoms with Crippen molar-refractivity contribution in [1.29, 1.82) is 0 Å². The first kappa shape index (κ1) is 12.6. The zero-order chi connectivity index (χ0) is 9.64. The summed E-state index contributed by atoms with van der Waals surface area (Å²) in [6.45, 7) is 0. The maximum Gasteiger partial charge on any atom is 0 e. The van der Waals surface area contributed by atoms with Crippen LogP contribution in [0.3, 0.4) is 0 Å². The van der Waals surface area contributed by atoms with Crippen molar-refractivity contribution >= 4 is 0 Å². The Labute approximate surface area is 111 Å². The summed E-state index contributed by atoms with van der Waals surface area (Å²) in [4.78, 5) is 0. The summed E-state index contributed by atoms with van der Waals surface area (Å²) >= 11 is 0. The summed E-state index contributed by atoms with van der Waals surface area (Å²) in [5, 5.41) is 0. The van der Waals surface area contributed by atoms with Gasteiger partial charge in [-0.2, -0.15) is 18.2 Å². The number of hydrogen-bond donors (Lipinski definition) is 0. The Bertz CT molecular complexity index is 289. The van der Waals surface area contributed by atoms with Crippen molar-refractivity contribution in [1.82, 2.24) is 0 Å². The largest absolute Gasteiger partial charge is 0.227 e. The molecule has 0 radical (unpaired) electrons. The number of rotatable bonds is 0. The normalized spacial score (nSPS) is 21.3. The van der Waals surface area contributed by atoms with Crippen molar-refractivity contribution in [2.45, 2.75) is 19.3 Å². The first-order valence-corrected chi connectivity index (χ1v) is 5.33. The molecule has 0 N–H and O–H groups in total. The standard InChI is InChI=1S/C9H11.C5H5.Hf/c1-2-5-9-7-3-6-8(9)4-1;1-2-4-5-3-1;/h1-2,4,6,9H,3,5,7H2;1-5H;/q2*-1;. The van der Waals surface area contributed by atoms with Crippen LogP contribution in [-0.4, -0.2) is 0 Å². The molecule has 15 heavy (non-hydrogen) atoms. The molecule has 1 aromatic rings. The Morgan fingerprint density at radius 1 is 1.20 bits per heavy atom. The van der Waals surface area contributed by atoms with Gasteiger partial charge in [0, 0.05) is 25.8 Å². The Morgan fingerprint density at radius 2 is 2.00 bits per heavy atom. The summed E-state index contributed by atoms with van der Waals surface area (Å²) in [7, 11) is 0. The molecule has 0 saturated heterocycles. The van der Waals surface area contributed by atoms with Crippen LogP contribution in [0.5, 0.6) is 0 Å². The molecular formula is C14H16Hf-2. The van der Waals surface area contributed by atoms with Crippen LogP contribution in [-0.2, 0) is 25.8 Å². The molecule has 0 aliphatic heterocycles. The predicted molar refractivity (Wildman–Crippen MR) is 60.9 cm³/mol. The van der Waals surface area contributed by atoms with E-state index in [9.17, 15) is 0 Å². The van der Waals surface area contributed by atoms with Crippen LogP contribution in [0.15, 0.2) is 54.1 Å². The first-order valence-electron chi connectivity index (χ1n) is 5.33. The van der Waals surface area contributed by atoms with Crippen molar-refractivity contribution in [2.75, 3.05) is 0 Å². The SMILES string of the molecule is C1=CCC2CC[CH-]C2=C1.[Hf].c1cc[cH-]c1. The van der Waals surface area contributed by atoms with Crippen LogP contribution in [0, 0.1) is 12.3 Å². The van der Waals surface area contributed by atoms with Gasteiger partial charge in [-0.3, -0.25) is 0 Å². The van der Waals surface area contributed by atoms with Gasteiger partial charge in [0.2, 0.25) is 0 Å². The number of fused-ring (bicyclic) bond motifs is 1. The van der Waals surface area contributed by atoms with Gasteiger partial charge in [0.1, 0.15) is 0 Å². The van der Waals surface area contributed by atoms with Gasteiger partial charge < -0.3 is 0 Å². The number of hydrogen-bond acceptors (Lipinski definition) is 0. The molecule has 0 nitrogen and oxygen atoms in total. The van der Waals surface area contributed by atoms with Gasteiger partial charge in [-0.1, -0.05) is 6.42 Å². The molecule has 1 atom stereocenters. The Kier molecular flexibility index (Phi) is 5.85. The molecule has 1 heteroatoms. The van der Waals surface area contributed by atoms with E-state index in [-0.39, 0.29) is 25.8 Å². The summed E-state index contributed by atoms with van der Waals surface area (Å²) in [6.07, 6.45) is 13.0. The third-order valence-electron chi connectivity index (χ3n) is 2.77. The van der Waals surface area contributed by atoms with Crippen molar-refractivity contribution < 1.29 is 25.8 Å². The van der Waals surface area contributed by atoms with E-state index >= 15 is 0 Å². The molecule has 1 fully saturated rings. The maximum absolute atomic E-state index is 2.37. The zero-order valence-electron chi connectivity index (χ0n) is 8.89. The predicted octanol–water partition coefficient (Wildman–Crippen LogP) is 3.89. The maximum atomic E-state index is 2.37. The molecule has 0 heterocycles. The number of allylic oxidation sites excluding steroid dienone is 4. The zero-order valence-corrected chi connectivity index (χ0v) is 12.5. The van der Waals surface area contributed by atoms with Crippen LogP contribution >= 0.6 is 0 Å². The van der Waals surface area contributed by atoms with E-state index in [0.29, 0.717) is 0 Å². The molecule has 2 aliphatic carbocycles. The average Bonchev–Trinajstić information content (AvgIpc) is 2.92. The van der Waals surface area contributed by atoms with Crippen LogP contribution in [0.2, 0.25) is 0 Å². The fourth-order valence-electron chi connectivity index (χ4n) is 1.99. The van der Waals surface area contributed by atoms with E-state index in [2.05, 4.69) is 24.6 Å².